The Kier molecular flexibility index (Phi) is 3.60. The number of ether oxygens (including phenoxy) is 1. The fourth-order valence-corrected chi connectivity index (χ4v) is 1.42. The van der Waals surface area contributed by atoms with Crippen molar-refractivity contribution in [2.24, 2.45) is 0 Å². The molecule has 0 saturated heterocycles. The number of H-pyrrole nitrogens is 1. The van der Waals surface area contributed by atoms with Crippen LogP contribution in [0.4, 0.5) is 16.0 Å². The lowest BCUT2D eigenvalue weighted by Crippen LogP contribution is -2.14. The van der Waals surface area contributed by atoms with Crippen LogP contribution in [0.25, 0.3) is 0 Å². The number of hydrogen-bond donors (Lipinski definition) is 3. The van der Waals surface area contributed by atoms with Gasteiger partial charge in [0.25, 0.3) is 5.91 Å². The highest BCUT2D eigenvalue weighted by atomic mass is 19.1. The van der Waals surface area contributed by atoms with Crippen molar-refractivity contribution in [2.45, 2.75) is 6.92 Å². The van der Waals surface area contributed by atoms with E-state index in [-0.39, 0.29) is 23.2 Å². The predicted octanol–water partition coefficient (Wildman–Crippen LogP) is 1.18. The Hall–Kier alpha value is -2.64. The van der Waals surface area contributed by atoms with E-state index >= 15 is 0 Å². The number of amides is 1. The van der Waals surface area contributed by atoms with Gasteiger partial charge in [0.05, 0.1) is 6.61 Å². The normalized spacial score (nSPS) is 10.2. The number of halogens is 1. The second-order valence-electron chi connectivity index (χ2n) is 3.57. The summed E-state index contributed by atoms with van der Waals surface area (Å²) >= 11 is 0. The average Bonchev–Trinajstić information content (AvgIpc) is 2.80. The first-order valence-electron chi connectivity index (χ1n) is 5.51. The summed E-state index contributed by atoms with van der Waals surface area (Å²) in [6.45, 7) is 2.11. The second-order valence-corrected chi connectivity index (χ2v) is 3.57. The monoisotopic (exact) mass is 265 g/mol. The van der Waals surface area contributed by atoms with Crippen LogP contribution in [0.15, 0.2) is 18.2 Å². The molecule has 0 aliphatic rings. The molecule has 7 nitrogen and oxygen atoms in total. The van der Waals surface area contributed by atoms with Crippen LogP contribution >= 0.6 is 0 Å². The zero-order valence-corrected chi connectivity index (χ0v) is 10.1. The van der Waals surface area contributed by atoms with Crippen molar-refractivity contribution in [3.05, 3.63) is 29.8 Å². The van der Waals surface area contributed by atoms with Gasteiger partial charge < -0.3 is 15.8 Å². The number of carbonyl (C=O) groups is 1. The molecule has 0 radical (unpaired) electrons. The van der Waals surface area contributed by atoms with Crippen LogP contribution in [0, 0.1) is 5.82 Å². The van der Waals surface area contributed by atoms with Gasteiger partial charge in [-0.05, 0) is 19.1 Å². The molecule has 0 saturated carbocycles. The van der Waals surface area contributed by atoms with E-state index in [1.54, 1.807) is 6.92 Å². The molecule has 0 fully saturated rings. The fourth-order valence-electron chi connectivity index (χ4n) is 1.42. The predicted molar refractivity (Wildman–Crippen MR) is 66.3 cm³/mol. The summed E-state index contributed by atoms with van der Waals surface area (Å²) in [7, 11) is 0. The SMILES string of the molecule is CCOc1ccc(NC(=O)c2nc(N)n[nH]2)cc1F. The fraction of sp³-hybridized carbons (Fsp3) is 0.182. The molecular weight excluding hydrogens is 253 g/mol. The molecule has 4 N–H and O–H groups in total. The Balaban J connectivity index is 2.11. The lowest BCUT2D eigenvalue weighted by molar-refractivity contribution is 0.101. The Morgan fingerprint density at radius 2 is 2.37 bits per heavy atom. The number of anilines is 2. The molecular formula is C11H12FN5O2. The topological polar surface area (TPSA) is 106 Å². The number of carbonyl (C=O) groups excluding carboxylic acids is 1. The van der Waals surface area contributed by atoms with Crippen molar-refractivity contribution in [3.8, 4) is 5.75 Å². The molecule has 1 amide bonds. The third kappa shape index (κ3) is 2.97. The average molecular weight is 265 g/mol. The zero-order valence-electron chi connectivity index (χ0n) is 10.1. The molecule has 0 unspecified atom stereocenters. The first kappa shape index (κ1) is 12.8. The Morgan fingerprint density at radius 3 is 2.95 bits per heavy atom. The minimum absolute atomic E-state index is 0.0389. The number of aromatic nitrogens is 3. The number of benzene rings is 1. The van der Waals surface area contributed by atoms with Crippen LogP contribution in [-0.4, -0.2) is 27.7 Å². The van der Waals surface area contributed by atoms with Gasteiger partial charge in [0.15, 0.2) is 11.6 Å². The summed E-state index contributed by atoms with van der Waals surface area (Å²) in [6, 6.07) is 4.11. The van der Waals surface area contributed by atoms with E-state index < -0.39 is 11.7 Å². The van der Waals surface area contributed by atoms with Gasteiger partial charge >= 0.3 is 0 Å². The number of nitrogens with one attached hydrogen (secondary N) is 2. The second kappa shape index (κ2) is 5.34. The Labute approximate surface area is 108 Å². The van der Waals surface area contributed by atoms with Crippen molar-refractivity contribution >= 4 is 17.5 Å². The van der Waals surface area contributed by atoms with Gasteiger partial charge in [0.2, 0.25) is 11.8 Å². The molecule has 2 aromatic rings. The largest absolute Gasteiger partial charge is 0.491 e. The van der Waals surface area contributed by atoms with E-state index in [0.717, 1.165) is 6.07 Å². The van der Waals surface area contributed by atoms with Gasteiger partial charge in [-0.1, -0.05) is 0 Å². The summed E-state index contributed by atoms with van der Waals surface area (Å²) in [6.07, 6.45) is 0. The maximum absolute atomic E-state index is 13.6. The quantitative estimate of drug-likeness (QED) is 0.769. The van der Waals surface area contributed by atoms with Crippen LogP contribution in [0.5, 0.6) is 5.75 Å². The Morgan fingerprint density at radius 1 is 1.58 bits per heavy atom. The van der Waals surface area contributed by atoms with Crippen LogP contribution in [0.1, 0.15) is 17.5 Å². The highest BCUT2D eigenvalue weighted by molar-refractivity contribution is 6.01. The molecule has 0 aliphatic heterocycles. The number of rotatable bonds is 4. The van der Waals surface area contributed by atoms with Gasteiger partial charge in [-0.2, -0.15) is 4.98 Å². The van der Waals surface area contributed by atoms with E-state index in [1.165, 1.54) is 12.1 Å². The molecule has 0 spiro atoms. The molecule has 2 rings (SSSR count). The summed E-state index contributed by atoms with van der Waals surface area (Å²) in [4.78, 5) is 15.4. The third-order valence-electron chi connectivity index (χ3n) is 2.21. The molecule has 19 heavy (non-hydrogen) atoms. The molecule has 8 heteroatoms. The summed E-state index contributed by atoms with van der Waals surface area (Å²) in [5.74, 6) is -1.08. The maximum Gasteiger partial charge on any atom is 0.293 e. The number of nitrogens with two attached hydrogens (primary N) is 1. The number of aromatic amines is 1. The van der Waals surface area contributed by atoms with Gasteiger partial charge in [-0.3, -0.25) is 9.89 Å². The standard InChI is InChI=1S/C11H12FN5O2/c1-2-19-8-4-3-6(5-7(8)12)14-10(18)9-15-11(13)17-16-9/h3-5H,2H2,1H3,(H,14,18)(H3,13,15,16,17). The third-order valence-corrected chi connectivity index (χ3v) is 2.21. The first-order valence-corrected chi connectivity index (χ1v) is 5.51. The van der Waals surface area contributed by atoms with Gasteiger partial charge in [0, 0.05) is 11.8 Å². The number of nitrogens with zero attached hydrogens (tertiary/aromatic N) is 2. The summed E-state index contributed by atoms with van der Waals surface area (Å²) in [5, 5.41) is 8.34. The van der Waals surface area contributed by atoms with Gasteiger partial charge in [-0.15, -0.1) is 5.10 Å². The van der Waals surface area contributed by atoms with E-state index in [9.17, 15) is 9.18 Å². The lowest BCUT2D eigenvalue weighted by atomic mass is 10.3. The maximum atomic E-state index is 13.6. The first-order chi connectivity index (χ1) is 9.10. The molecule has 1 aromatic heterocycles. The minimum Gasteiger partial charge on any atom is -0.491 e. The molecule has 1 aromatic carbocycles. The molecule has 100 valence electrons. The summed E-state index contributed by atoms with van der Waals surface area (Å²) in [5.41, 5.74) is 5.56. The van der Waals surface area contributed by atoms with Crippen LogP contribution in [0.3, 0.4) is 0 Å². The number of hydrogen-bond acceptors (Lipinski definition) is 5. The van der Waals surface area contributed by atoms with Crippen LogP contribution in [0.2, 0.25) is 0 Å². The van der Waals surface area contributed by atoms with Crippen molar-refractivity contribution < 1.29 is 13.9 Å². The van der Waals surface area contributed by atoms with E-state index in [1.807, 2.05) is 0 Å². The van der Waals surface area contributed by atoms with E-state index in [0.29, 0.717) is 6.61 Å². The smallest absolute Gasteiger partial charge is 0.293 e. The molecule has 0 aliphatic carbocycles. The van der Waals surface area contributed by atoms with Crippen molar-refractivity contribution in [3.63, 3.8) is 0 Å². The summed E-state index contributed by atoms with van der Waals surface area (Å²) < 4.78 is 18.6. The minimum atomic E-state index is -0.562. The molecule has 0 atom stereocenters. The molecule has 1 heterocycles. The zero-order chi connectivity index (χ0) is 13.8. The molecule has 0 bridgehead atoms. The van der Waals surface area contributed by atoms with Gasteiger partial charge in [0.1, 0.15) is 0 Å². The van der Waals surface area contributed by atoms with Gasteiger partial charge in [-0.25, -0.2) is 4.39 Å². The van der Waals surface area contributed by atoms with E-state index in [4.69, 9.17) is 10.5 Å². The highest BCUT2D eigenvalue weighted by Crippen LogP contribution is 2.21. The van der Waals surface area contributed by atoms with Crippen LogP contribution in [-0.2, 0) is 0 Å². The van der Waals surface area contributed by atoms with Crippen molar-refractivity contribution in [1.29, 1.82) is 0 Å². The van der Waals surface area contributed by atoms with Crippen LogP contribution < -0.4 is 15.8 Å². The van der Waals surface area contributed by atoms with Crippen molar-refractivity contribution in [1.82, 2.24) is 15.2 Å². The lowest BCUT2D eigenvalue weighted by Gasteiger charge is -2.07. The highest BCUT2D eigenvalue weighted by Gasteiger charge is 2.12. The number of nitrogen functional groups attached to an aromatic ring is 1. The Bertz CT molecular complexity index is 599. The van der Waals surface area contributed by atoms with E-state index in [2.05, 4.69) is 20.5 Å². The van der Waals surface area contributed by atoms with Crippen molar-refractivity contribution in [2.75, 3.05) is 17.7 Å².